The van der Waals surface area contributed by atoms with E-state index in [0.717, 1.165) is 22.3 Å². The van der Waals surface area contributed by atoms with Crippen LogP contribution in [0.3, 0.4) is 0 Å². The second-order valence-electron chi connectivity index (χ2n) is 6.45. The molecular formula is C20H14Cl2N2OZr. The van der Waals surface area contributed by atoms with E-state index in [1.54, 1.807) is 2.95 Å². The van der Waals surface area contributed by atoms with Crippen molar-refractivity contribution in [2.24, 2.45) is 0 Å². The molecule has 0 aliphatic carbocycles. The van der Waals surface area contributed by atoms with Gasteiger partial charge in [0.25, 0.3) is 0 Å². The molecule has 3 aromatic rings. The van der Waals surface area contributed by atoms with Gasteiger partial charge >= 0.3 is 165 Å². The Balaban J connectivity index is 1.66. The third-order valence-corrected chi connectivity index (χ3v) is 13.2. The zero-order valence-corrected chi connectivity index (χ0v) is 17.6. The van der Waals surface area contributed by atoms with Crippen molar-refractivity contribution in [3.8, 4) is 11.1 Å². The van der Waals surface area contributed by atoms with Gasteiger partial charge in [-0.1, -0.05) is 0 Å². The summed E-state index contributed by atoms with van der Waals surface area (Å²) in [6.07, 6.45) is 0. The van der Waals surface area contributed by atoms with Crippen LogP contribution in [-0.4, -0.2) is 11.8 Å². The van der Waals surface area contributed by atoms with Crippen LogP contribution in [0.5, 0.6) is 0 Å². The van der Waals surface area contributed by atoms with Gasteiger partial charge in [-0.2, -0.15) is 0 Å². The molecule has 2 heterocycles. The SMILES string of the molecule is O=C1c2ccccc2C(c2cccc(-c3ccccc3)c2)[N]2[N]1[Zr]2([Cl])[Cl]. The fourth-order valence-corrected chi connectivity index (χ4v) is 14.3. The van der Waals surface area contributed by atoms with Crippen molar-refractivity contribution in [2.75, 3.05) is 0 Å². The van der Waals surface area contributed by atoms with E-state index in [1.807, 2.05) is 51.5 Å². The standard InChI is InChI=1S/C20H14N2O.2ClH.Zr/c23-20-18-12-5-4-11-17(18)19(21-22-20)16-10-6-9-15(13-16)14-7-2-1-3-8-14;;;/h1-13,19H;2*1H;/q-2;;;+4/p-2. The summed E-state index contributed by atoms with van der Waals surface area (Å²) in [6, 6.07) is 26.2. The van der Waals surface area contributed by atoms with Crippen LogP contribution in [0.2, 0.25) is 0 Å². The Bertz CT molecular complexity index is 1030. The van der Waals surface area contributed by atoms with Crippen molar-refractivity contribution in [2.45, 2.75) is 6.04 Å². The third-order valence-electron chi connectivity index (χ3n) is 4.94. The molecule has 2 aliphatic rings. The van der Waals surface area contributed by atoms with E-state index >= 15 is 0 Å². The molecule has 1 amide bonds. The molecule has 6 heteroatoms. The molecule has 128 valence electrons. The first kappa shape index (κ1) is 16.7. The molecule has 2 unspecified atom stereocenters. The van der Waals surface area contributed by atoms with Crippen LogP contribution in [0.1, 0.15) is 27.5 Å². The van der Waals surface area contributed by atoms with Crippen LogP contribution in [0, 0.1) is 0 Å². The zero-order chi connectivity index (χ0) is 17.9. The van der Waals surface area contributed by atoms with Gasteiger partial charge in [0.15, 0.2) is 0 Å². The molecule has 2 atom stereocenters. The van der Waals surface area contributed by atoms with Crippen molar-refractivity contribution in [1.29, 1.82) is 0 Å². The van der Waals surface area contributed by atoms with E-state index in [2.05, 4.69) is 30.3 Å². The summed E-state index contributed by atoms with van der Waals surface area (Å²) in [7, 11) is 13.2. The number of hydrazine groups is 1. The Kier molecular flexibility index (Phi) is 3.88. The van der Waals surface area contributed by atoms with Gasteiger partial charge in [-0.15, -0.1) is 0 Å². The molecule has 1 saturated heterocycles. The van der Waals surface area contributed by atoms with E-state index in [-0.39, 0.29) is 11.9 Å². The normalized spacial score (nSPS) is 22.5. The average molecular weight is 460 g/mol. The van der Waals surface area contributed by atoms with Gasteiger partial charge < -0.3 is 0 Å². The Morgan fingerprint density at radius 1 is 0.808 bits per heavy atom. The monoisotopic (exact) mass is 458 g/mol. The van der Waals surface area contributed by atoms with Gasteiger partial charge in [0.2, 0.25) is 0 Å². The Morgan fingerprint density at radius 2 is 1.50 bits per heavy atom. The second kappa shape index (κ2) is 6.04. The van der Waals surface area contributed by atoms with Crippen LogP contribution in [0.4, 0.5) is 0 Å². The first-order valence-electron chi connectivity index (χ1n) is 8.35. The topological polar surface area (TPSA) is 23.1 Å². The van der Waals surface area contributed by atoms with E-state index in [4.69, 9.17) is 17.0 Å². The van der Waals surface area contributed by atoms with E-state index in [9.17, 15) is 4.79 Å². The van der Waals surface area contributed by atoms with E-state index < -0.39 is 18.5 Å². The third kappa shape index (κ3) is 2.44. The molecule has 3 aromatic carbocycles. The molecule has 1 fully saturated rings. The maximum atomic E-state index is 12.7. The molecule has 5 rings (SSSR count). The molecule has 2 aliphatic heterocycles. The van der Waals surface area contributed by atoms with Crippen LogP contribution in [0.25, 0.3) is 11.1 Å². The average Bonchev–Trinajstić information content (AvgIpc) is 3.25. The van der Waals surface area contributed by atoms with Gasteiger partial charge in [-0.05, 0) is 0 Å². The number of fused-ring (bicyclic) bond motifs is 2. The van der Waals surface area contributed by atoms with Crippen LogP contribution in [0.15, 0.2) is 78.9 Å². The maximum absolute atomic E-state index is 12.7. The predicted octanol–water partition coefficient (Wildman–Crippen LogP) is 5.42. The molecule has 3 nitrogen and oxygen atoms in total. The summed E-state index contributed by atoms with van der Waals surface area (Å²) in [5.74, 6) is -0.0723. The van der Waals surface area contributed by atoms with Crippen molar-refractivity contribution in [1.82, 2.24) is 5.91 Å². The van der Waals surface area contributed by atoms with Crippen LogP contribution >= 0.6 is 17.0 Å². The number of hydrogen-bond donors (Lipinski definition) is 0. The summed E-state index contributed by atoms with van der Waals surface area (Å²) in [5.41, 5.74) is 5.05. The molecule has 26 heavy (non-hydrogen) atoms. The van der Waals surface area contributed by atoms with Gasteiger partial charge in [0.1, 0.15) is 0 Å². The summed E-state index contributed by atoms with van der Waals surface area (Å²) >= 11 is -3.71. The molecule has 0 aromatic heterocycles. The molecular weight excluding hydrogens is 446 g/mol. The summed E-state index contributed by atoms with van der Waals surface area (Å²) < 4.78 is 3.56. The first-order valence-corrected chi connectivity index (χ1v) is 16.9. The Hall–Kier alpha value is -1.45. The molecule has 0 radical (unpaired) electrons. The van der Waals surface area contributed by atoms with Gasteiger partial charge in [-0.3, -0.25) is 0 Å². The number of halogens is 2. The Labute approximate surface area is 164 Å². The molecule has 0 saturated carbocycles. The minimum atomic E-state index is -3.71. The van der Waals surface area contributed by atoms with Gasteiger partial charge in [0, 0.05) is 0 Å². The van der Waals surface area contributed by atoms with Crippen LogP contribution < -0.4 is 0 Å². The van der Waals surface area contributed by atoms with Crippen molar-refractivity contribution in [3.63, 3.8) is 0 Å². The number of nitrogens with zero attached hydrogens (tertiary/aromatic N) is 2. The molecule has 0 bridgehead atoms. The fraction of sp³-hybridized carbons (Fsp3) is 0.0500. The number of rotatable bonds is 2. The minimum absolute atomic E-state index is 0.0723. The zero-order valence-electron chi connectivity index (χ0n) is 13.6. The predicted molar refractivity (Wildman–Crippen MR) is 99.9 cm³/mol. The van der Waals surface area contributed by atoms with Gasteiger partial charge in [0.05, 0.1) is 0 Å². The summed E-state index contributed by atoms with van der Waals surface area (Å²) in [4.78, 5) is 12.7. The summed E-state index contributed by atoms with van der Waals surface area (Å²) in [6.45, 7) is 0. The summed E-state index contributed by atoms with van der Waals surface area (Å²) in [5, 5.41) is 0. The van der Waals surface area contributed by atoms with E-state index in [0.29, 0.717) is 5.56 Å². The number of benzene rings is 3. The van der Waals surface area contributed by atoms with Crippen LogP contribution in [-0.2, 0) is 18.5 Å². The molecule has 0 N–H and O–H groups in total. The van der Waals surface area contributed by atoms with Crippen molar-refractivity contribution >= 4 is 22.9 Å². The van der Waals surface area contributed by atoms with Crippen molar-refractivity contribution < 1.29 is 23.3 Å². The number of carbonyl (C=O) groups is 1. The second-order valence-corrected chi connectivity index (χ2v) is 18.5. The van der Waals surface area contributed by atoms with Gasteiger partial charge in [-0.25, -0.2) is 0 Å². The van der Waals surface area contributed by atoms with E-state index in [1.165, 1.54) is 0 Å². The fourth-order valence-electron chi connectivity index (χ4n) is 3.70. The molecule has 0 spiro atoms. The number of amides is 1. The number of hydrogen-bond acceptors (Lipinski definition) is 2. The number of carbonyl (C=O) groups excluding carboxylic acids is 1. The first-order chi connectivity index (χ1) is 12.6. The van der Waals surface area contributed by atoms with Crippen molar-refractivity contribution in [3.05, 3.63) is 95.6 Å². The quantitative estimate of drug-likeness (QED) is 0.477. The Morgan fingerprint density at radius 3 is 2.31 bits per heavy atom.